The summed E-state index contributed by atoms with van der Waals surface area (Å²) in [4.78, 5) is 15.6. The van der Waals surface area contributed by atoms with E-state index >= 15 is 0 Å². The molecule has 1 aliphatic carbocycles. The van der Waals surface area contributed by atoms with Crippen LogP contribution >= 0.6 is 11.6 Å². The van der Waals surface area contributed by atoms with Gasteiger partial charge in [0.2, 0.25) is 5.28 Å². The van der Waals surface area contributed by atoms with Gasteiger partial charge in [0, 0.05) is 6.04 Å². The van der Waals surface area contributed by atoms with E-state index in [4.69, 9.17) is 11.6 Å². The van der Waals surface area contributed by atoms with Crippen molar-refractivity contribution in [2.75, 3.05) is 5.32 Å². The van der Waals surface area contributed by atoms with Crippen molar-refractivity contribution < 1.29 is 0 Å². The van der Waals surface area contributed by atoms with Gasteiger partial charge in [-0.15, -0.1) is 0 Å². The van der Waals surface area contributed by atoms with Gasteiger partial charge in [0.1, 0.15) is 5.52 Å². The van der Waals surface area contributed by atoms with Crippen molar-refractivity contribution in [3.05, 3.63) is 11.6 Å². The summed E-state index contributed by atoms with van der Waals surface area (Å²) in [7, 11) is 0. The standard InChI is InChI=1S/C13H18ClN5/c14-13-18-11-10(15-8-16-11)12(19-13)17-9-6-4-2-1-3-5-7-9/h8-9H,1-7H2,(H2,15,16,17,18,19). The summed E-state index contributed by atoms with van der Waals surface area (Å²) in [6.07, 6.45) is 10.6. The molecule has 6 heteroatoms. The monoisotopic (exact) mass is 279 g/mol. The number of fused-ring (bicyclic) bond motifs is 1. The molecule has 1 fully saturated rings. The molecule has 5 nitrogen and oxygen atoms in total. The number of H-pyrrole nitrogens is 1. The summed E-state index contributed by atoms with van der Waals surface area (Å²) >= 11 is 5.95. The molecule has 0 radical (unpaired) electrons. The Kier molecular flexibility index (Phi) is 3.82. The summed E-state index contributed by atoms with van der Waals surface area (Å²) in [6.45, 7) is 0. The second-order valence-corrected chi connectivity index (χ2v) is 5.47. The normalized spacial score (nSPS) is 18.2. The number of aromatic amines is 1. The fraction of sp³-hybridized carbons (Fsp3) is 0.615. The minimum Gasteiger partial charge on any atom is -0.365 e. The molecule has 2 aromatic heterocycles. The van der Waals surface area contributed by atoms with Gasteiger partial charge >= 0.3 is 0 Å². The van der Waals surface area contributed by atoms with Crippen LogP contribution in [-0.2, 0) is 0 Å². The average Bonchev–Trinajstić information content (AvgIpc) is 2.80. The highest BCUT2D eigenvalue weighted by atomic mass is 35.5. The fourth-order valence-corrected chi connectivity index (χ4v) is 2.87. The number of aromatic nitrogens is 4. The molecule has 102 valence electrons. The van der Waals surface area contributed by atoms with Crippen LogP contribution in [0.3, 0.4) is 0 Å². The smallest absolute Gasteiger partial charge is 0.226 e. The van der Waals surface area contributed by atoms with Gasteiger partial charge in [0.15, 0.2) is 11.5 Å². The molecule has 0 amide bonds. The van der Waals surface area contributed by atoms with Crippen molar-refractivity contribution in [3.8, 4) is 0 Å². The molecule has 0 unspecified atom stereocenters. The number of halogens is 1. The molecular weight excluding hydrogens is 262 g/mol. The van der Waals surface area contributed by atoms with Crippen molar-refractivity contribution in [1.82, 2.24) is 19.9 Å². The number of rotatable bonds is 2. The van der Waals surface area contributed by atoms with Gasteiger partial charge in [-0.3, -0.25) is 0 Å². The van der Waals surface area contributed by atoms with Crippen LogP contribution in [0.4, 0.5) is 5.82 Å². The molecule has 2 heterocycles. The van der Waals surface area contributed by atoms with E-state index in [2.05, 4.69) is 25.3 Å². The molecule has 1 saturated carbocycles. The zero-order valence-electron chi connectivity index (χ0n) is 10.8. The van der Waals surface area contributed by atoms with Crippen molar-refractivity contribution >= 4 is 28.6 Å². The maximum Gasteiger partial charge on any atom is 0.226 e. The molecule has 0 spiro atoms. The quantitative estimate of drug-likeness (QED) is 0.825. The van der Waals surface area contributed by atoms with Gasteiger partial charge < -0.3 is 10.3 Å². The van der Waals surface area contributed by atoms with E-state index in [0.29, 0.717) is 11.7 Å². The van der Waals surface area contributed by atoms with Crippen LogP contribution < -0.4 is 5.32 Å². The van der Waals surface area contributed by atoms with Crippen LogP contribution in [0.2, 0.25) is 5.28 Å². The molecule has 0 bridgehead atoms. The maximum atomic E-state index is 5.95. The predicted molar refractivity (Wildman–Crippen MR) is 76.4 cm³/mol. The van der Waals surface area contributed by atoms with Gasteiger partial charge in [0.25, 0.3) is 0 Å². The van der Waals surface area contributed by atoms with Gasteiger partial charge in [0.05, 0.1) is 6.33 Å². The van der Waals surface area contributed by atoms with Gasteiger partial charge in [-0.25, -0.2) is 4.98 Å². The second-order valence-electron chi connectivity index (χ2n) is 5.13. The van der Waals surface area contributed by atoms with Gasteiger partial charge in [-0.2, -0.15) is 9.97 Å². The molecule has 0 atom stereocenters. The van der Waals surface area contributed by atoms with E-state index in [1.54, 1.807) is 6.33 Å². The summed E-state index contributed by atoms with van der Waals surface area (Å²) in [5.41, 5.74) is 1.46. The first-order chi connectivity index (χ1) is 9.33. The first kappa shape index (κ1) is 12.7. The molecular formula is C13H18ClN5. The van der Waals surface area contributed by atoms with Crippen molar-refractivity contribution in [2.24, 2.45) is 0 Å². The third-order valence-electron chi connectivity index (χ3n) is 3.70. The number of anilines is 1. The number of hydrogen-bond donors (Lipinski definition) is 2. The van der Waals surface area contributed by atoms with Crippen molar-refractivity contribution in [3.63, 3.8) is 0 Å². The minimum absolute atomic E-state index is 0.255. The lowest BCUT2D eigenvalue weighted by Crippen LogP contribution is -2.21. The average molecular weight is 280 g/mol. The van der Waals surface area contributed by atoms with Crippen LogP contribution in [0.25, 0.3) is 11.2 Å². The molecule has 3 rings (SSSR count). The minimum atomic E-state index is 0.255. The Labute approximate surface area is 117 Å². The van der Waals surface area contributed by atoms with Crippen molar-refractivity contribution in [1.29, 1.82) is 0 Å². The van der Waals surface area contributed by atoms with Gasteiger partial charge in [-0.1, -0.05) is 32.1 Å². The Morgan fingerprint density at radius 2 is 1.84 bits per heavy atom. The summed E-state index contributed by atoms with van der Waals surface area (Å²) < 4.78 is 0. The zero-order valence-corrected chi connectivity index (χ0v) is 11.6. The first-order valence-electron chi connectivity index (χ1n) is 6.96. The SMILES string of the molecule is Clc1nc(NC2CCCCCCC2)c2nc[nH]c2n1. The maximum absolute atomic E-state index is 5.95. The summed E-state index contributed by atoms with van der Waals surface area (Å²) in [5, 5.41) is 3.76. The Hall–Kier alpha value is -1.36. The Morgan fingerprint density at radius 1 is 1.11 bits per heavy atom. The topological polar surface area (TPSA) is 66.5 Å². The fourth-order valence-electron chi connectivity index (χ4n) is 2.70. The highest BCUT2D eigenvalue weighted by Crippen LogP contribution is 2.24. The van der Waals surface area contributed by atoms with Gasteiger partial charge in [-0.05, 0) is 24.4 Å². The Morgan fingerprint density at radius 3 is 2.63 bits per heavy atom. The molecule has 19 heavy (non-hydrogen) atoms. The lowest BCUT2D eigenvalue weighted by Gasteiger charge is -2.21. The summed E-state index contributed by atoms with van der Waals surface area (Å²) in [6, 6.07) is 0.464. The molecule has 0 aromatic carbocycles. The third-order valence-corrected chi connectivity index (χ3v) is 3.87. The van der Waals surface area contributed by atoms with E-state index in [-0.39, 0.29) is 5.28 Å². The van der Waals surface area contributed by atoms with Crippen LogP contribution in [-0.4, -0.2) is 26.0 Å². The molecule has 2 N–H and O–H groups in total. The second kappa shape index (κ2) is 5.74. The number of nitrogens with zero attached hydrogens (tertiary/aromatic N) is 3. The Bertz CT molecular complexity index is 545. The highest BCUT2D eigenvalue weighted by molar-refractivity contribution is 6.28. The number of nitrogens with one attached hydrogen (secondary N) is 2. The third kappa shape index (κ3) is 2.97. The molecule has 0 saturated heterocycles. The zero-order chi connectivity index (χ0) is 13.1. The largest absolute Gasteiger partial charge is 0.365 e. The van der Waals surface area contributed by atoms with Crippen molar-refractivity contribution in [2.45, 2.75) is 51.0 Å². The predicted octanol–water partition coefficient (Wildman–Crippen LogP) is 3.53. The first-order valence-corrected chi connectivity index (χ1v) is 7.34. The van der Waals surface area contributed by atoms with E-state index in [1.165, 1.54) is 44.9 Å². The highest BCUT2D eigenvalue weighted by Gasteiger charge is 2.15. The van der Waals surface area contributed by atoms with E-state index in [1.807, 2.05) is 0 Å². The van der Waals surface area contributed by atoms with Crippen LogP contribution in [0, 0.1) is 0 Å². The van der Waals surface area contributed by atoms with Crippen LogP contribution in [0.1, 0.15) is 44.9 Å². The van der Waals surface area contributed by atoms with E-state index < -0.39 is 0 Å². The van der Waals surface area contributed by atoms with E-state index in [9.17, 15) is 0 Å². The Balaban J connectivity index is 1.81. The molecule has 0 aliphatic heterocycles. The number of imidazole rings is 1. The number of hydrogen-bond acceptors (Lipinski definition) is 4. The molecule has 2 aromatic rings. The van der Waals surface area contributed by atoms with Crippen LogP contribution in [0.5, 0.6) is 0 Å². The molecule has 1 aliphatic rings. The lowest BCUT2D eigenvalue weighted by atomic mass is 9.97. The summed E-state index contributed by atoms with van der Waals surface area (Å²) in [5.74, 6) is 0.752. The van der Waals surface area contributed by atoms with E-state index in [0.717, 1.165) is 11.3 Å². The lowest BCUT2D eigenvalue weighted by molar-refractivity contribution is 0.471. The van der Waals surface area contributed by atoms with Crippen LogP contribution in [0.15, 0.2) is 6.33 Å².